The van der Waals surface area contributed by atoms with Crippen LogP contribution in [-0.2, 0) is 5.41 Å². The Hall–Kier alpha value is -0.980. The quantitative estimate of drug-likeness (QED) is 0.544. The number of para-hydroxylation sites is 1. The SMILES string of the molecule is CC1=[N+](C)c2ccccc2C12CCCC2.[O-][Cl+3]([O-])([O-])[O-]. The molecule has 1 aliphatic heterocycles. The molecule has 0 aromatic heterocycles. The van der Waals surface area contributed by atoms with Crippen molar-refractivity contribution in [3.05, 3.63) is 29.8 Å². The van der Waals surface area contributed by atoms with Crippen LogP contribution in [0.1, 0.15) is 38.2 Å². The van der Waals surface area contributed by atoms with Crippen LogP contribution in [0.4, 0.5) is 5.69 Å². The predicted octanol–water partition coefficient (Wildman–Crippen LogP) is -1.51. The molecule has 0 saturated heterocycles. The van der Waals surface area contributed by atoms with Crippen LogP contribution in [0, 0.1) is 10.2 Å². The molecule has 1 saturated carbocycles. The molecule has 1 spiro atoms. The van der Waals surface area contributed by atoms with Crippen LogP contribution < -0.4 is 18.6 Å². The predicted molar refractivity (Wildman–Crippen MR) is 63.1 cm³/mol. The van der Waals surface area contributed by atoms with Gasteiger partial charge < -0.3 is 0 Å². The Labute approximate surface area is 120 Å². The van der Waals surface area contributed by atoms with Gasteiger partial charge >= 0.3 is 0 Å². The summed E-state index contributed by atoms with van der Waals surface area (Å²) in [6.45, 7) is 2.31. The molecule has 5 nitrogen and oxygen atoms in total. The lowest BCUT2D eigenvalue weighted by Crippen LogP contribution is -2.68. The zero-order valence-corrected chi connectivity index (χ0v) is 12.4. The lowest BCUT2D eigenvalue weighted by Gasteiger charge is -2.20. The zero-order chi connectivity index (χ0) is 15.0. The Bertz CT molecular complexity index is 524. The van der Waals surface area contributed by atoms with E-state index in [1.54, 1.807) is 11.3 Å². The number of hydrogen-bond donors (Lipinski definition) is 0. The van der Waals surface area contributed by atoms with Crippen molar-refractivity contribution >= 4 is 11.4 Å². The third-order valence-corrected chi connectivity index (χ3v) is 4.43. The average Bonchev–Trinajstić information content (AvgIpc) is 2.91. The summed E-state index contributed by atoms with van der Waals surface area (Å²) in [4.78, 5) is 0. The van der Waals surface area contributed by atoms with Crippen LogP contribution in [-0.4, -0.2) is 17.3 Å². The lowest BCUT2D eigenvalue weighted by molar-refractivity contribution is -2.00. The topological polar surface area (TPSA) is 95.2 Å². The Balaban J connectivity index is 0.000000257. The normalized spacial score (nSPS) is 19.9. The van der Waals surface area contributed by atoms with E-state index >= 15 is 0 Å². The van der Waals surface area contributed by atoms with E-state index in [1.807, 2.05) is 0 Å². The van der Waals surface area contributed by atoms with Gasteiger partial charge in [0.2, 0.25) is 5.69 Å². The van der Waals surface area contributed by atoms with Gasteiger partial charge in [-0.25, -0.2) is 23.2 Å². The standard InChI is InChI=1S/C14H18N.ClHO4/c1-11-14(9-5-6-10-14)12-7-3-4-8-13(12)15(11)2;2-1(3,4)5/h3-4,7-8H,5-6,9-10H2,1-2H3;(H,2,3,4,5)/q+1;/p-1. The van der Waals surface area contributed by atoms with E-state index in [1.165, 1.54) is 31.4 Å². The van der Waals surface area contributed by atoms with Gasteiger partial charge in [0.05, 0.1) is 5.41 Å². The minimum atomic E-state index is -4.94. The number of rotatable bonds is 0. The highest BCUT2D eigenvalue weighted by Gasteiger charge is 2.49. The molecule has 1 fully saturated rings. The van der Waals surface area contributed by atoms with Gasteiger partial charge in [-0.1, -0.05) is 31.0 Å². The molecule has 0 amide bonds. The summed E-state index contributed by atoms with van der Waals surface area (Å²) in [6, 6.07) is 8.92. The monoisotopic (exact) mass is 299 g/mol. The van der Waals surface area contributed by atoms with Gasteiger partial charge in [0.25, 0.3) is 0 Å². The average molecular weight is 300 g/mol. The molecule has 110 valence electrons. The highest BCUT2D eigenvalue weighted by molar-refractivity contribution is 5.94. The van der Waals surface area contributed by atoms with Gasteiger partial charge in [0.1, 0.15) is 7.05 Å². The number of fused-ring (bicyclic) bond motifs is 2. The van der Waals surface area contributed by atoms with Crippen LogP contribution in [0.25, 0.3) is 0 Å². The largest absolute Gasteiger partial charge is 0.222 e. The summed E-state index contributed by atoms with van der Waals surface area (Å²) >= 11 is 0. The molecule has 1 aromatic rings. The maximum Gasteiger partial charge on any atom is 0.209 e. The highest BCUT2D eigenvalue weighted by atomic mass is 35.7. The van der Waals surface area contributed by atoms with E-state index < -0.39 is 10.2 Å². The Kier molecular flexibility index (Phi) is 4.18. The van der Waals surface area contributed by atoms with E-state index in [2.05, 4.69) is 42.8 Å². The summed E-state index contributed by atoms with van der Waals surface area (Å²) in [7, 11) is -2.73. The second-order valence-corrected chi connectivity index (χ2v) is 6.08. The summed E-state index contributed by atoms with van der Waals surface area (Å²) in [5.41, 5.74) is 4.95. The van der Waals surface area contributed by atoms with E-state index in [9.17, 15) is 0 Å². The summed E-state index contributed by atoms with van der Waals surface area (Å²) in [6.07, 6.45) is 5.47. The molecular formula is C14H18ClNO4. The highest BCUT2D eigenvalue weighted by Crippen LogP contribution is 2.49. The maximum atomic E-state index is 8.49. The number of benzene rings is 1. The molecular weight excluding hydrogens is 282 g/mol. The zero-order valence-electron chi connectivity index (χ0n) is 11.6. The van der Waals surface area contributed by atoms with Gasteiger partial charge in [-0.2, -0.15) is 0 Å². The number of halogens is 1. The first-order valence-electron chi connectivity index (χ1n) is 6.55. The molecule has 2 aliphatic rings. The first-order chi connectivity index (χ1) is 9.26. The van der Waals surface area contributed by atoms with Crippen molar-refractivity contribution in [1.82, 2.24) is 0 Å². The van der Waals surface area contributed by atoms with Crippen molar-refractivity contribution in [1.29, 1.82) is 0 Å². The van der Waals surface area contributed by atoms with E-state index in [4.69, 9.17) is 18.6 Å². The van der Waals surface area contributed by atoms with Crippen LogP contribution in [0.5, 0.6) is 0 Å². The Morgan fingerprint density at radius 1 is 1.05 bits per heavy atom. The van der Waals surface area contributed by atoms with E-state index in [0.29, 0.717) is 5.41 Å². The number of hydrogen-bond acceptors (Lipinski definition) is 4. The van der Waals surface area contributed by atoms with Gasteiger partial charge in [0.15, 0.2) is 5.71 Å². The molecule has 0 bridgehead atoms. The summed E-state index contributed by atoms with van der Waals surface area (Å²) in [5, 5.41) is 0. The molecule has 1 aromatic carbocycles. The molecule has 1 aliphatic carbocycles. The Morgan fingerprint density at radius 2 is 1.55 bits per heavy atom. The van der Waals surface area contributed by atoms with E-state index in [0.717, 1.165) is 0 Å². The third kappa shape index (κ3) is 2.87. The number of nitrogens with zero attached hydrogens (tertiary/aromatic N) is 1. The van der Waals surface area contributed by atoms with Crippen molar-refractivity contribution in [2.45, 2.75) is 38.0 Å². The minimum Gasteiger partial charge on any atom is -0.222 e. The van der Waals surface area contributed by atoms with Crippen molar-refractivity contribution in [2.75, 3.05) is 7.05 Å². The third-order valence-electron chi connectivity index (χ3n) is 4.43. The maximum absolute atomic E-state index is 8.49. The fourth-order valence-electron chi connectivity index (χ4n) is 3.48. The van der Waals surface area contributed by atoms with Gasteiger partial charge in [-0.3, -0.25) is 0 Å². The summed E-state index contributed by atoms with van der Waals surface area (Å²) < 4.78 is 36.4. The summed E-state index contributed by atoms with van der Waals surface area (Å²) in [5.74, 6) is 0. The van der Waals surface area contributed by atoms with Crippen LogP contribution in [0.15, 0.2) is 24.3 Å². The molecule has 0 radical (unpaired) electrons. The van der Waals surface area contributed by atoms with Crippen molar-refractivity contribution in [2.24, 2.45) is 0 Å². The second kappa shape index (κ2) is 5.42. The second-order valence-electron chi connectivity index (χ2n) is 5.33. The van der Waals surface area contributed by atoms with Crippen LogP contribution in [0.2, 0.25) is 0 Å². The van der Waals surface area contributed by atoms with Crippen molar-refractivity contribution in [3.8, 4) is 0 Å². The fourth-order valence-corrected chi connectivity index (χ4v) is 3.48. The first kappa shape index (κ1) is 15.4. The molecule has 6 heteroatoms. The van der Waals surface area contributed by atoms with Crippen molar-refractivity contribution in [3.63, 3.8) is 0 Å². The van der Waals surface area contributed by atoms with Gasteiger partial charge in [-0.15, -0.1) is 10.2 Å². The molecule has 1 heterocycles. The Morgan fingerprint density at radius 3 is 2.10 bits per heavy atom. The molecule has 3 rings (SSSR count). The smallest absolute Gasteiger partial charge is 0.209 e. The van der Waals surface area contributed by atoms with Crippen LogP contribution >= 0.6 is 0 Å². The lowest BCUT2D eigenvalue weighted by atomic mass is 9.77. The molecule has 0 N–H and O–H groups in total. The van der Waals surface area contributed by atoms with Gasteiger partial charge in [0, 0.05) is 18.6 Å². The van der Waals surface area contributed by atoms with E-state index in [-0.39, 0.29) is 0 Å². The molecule has 20 heavy (non-hydrogen) atoms. The minimum absolute atomic E-state index is 0.394. The fraction of sp³-hybridized carbons (Fsp3) is 0.500. The molecule has 0 atom stereocenters. The van der Waals surface area contributed by atoms with Crippen molar-refractivity contribution < 1.29 is 33.5 Å². The first-order valence-corrected chi connectivity index (χ1v) is 7.78. The van der Waals surface area contributed by atoms with Crippen LogP contribution in [0.3, 0.4) is 0 Å². The molecule has 0 unspecified atom stereocenters. The van der Waals surface area contributed by atoms with Gasteiger partial charge in [-0.05, 0) is 12.8 Å².